The maximum absolute atomic E-state index is 5.54. The summed E-state index contributed by atoms with van der Waals surface area (Å²) in [6.45, 7) is 1.37. The monoisotopic (exact) mass is 213 g/mol. The summed E-state index contributed by atoms with van der Waals surface area (Å²) in [5.74, 6) is 0.894. The van der Waals surface area contributed by atoms with Gasteiger partial charge in [0, 0.05) is 19.3 Å². The summed E-state index contributed by atoms with van der Waals surface area (Å²) in [7, 11) is 0. The number of aromatic nitrogens is 1. The van der Waals surface area contributed by atoms with Crippen molar-refractivity contribution in [1.29, 1.82) is 0 Å². The van der Waals surface area contributed by atoms with Gasteiger partial charge in [-0.3, -0.25) is 0 Å². The topological polar surface area (TPSA) is 50.9 Å². The normalized spacial score (nSPS) is 10.1. The Labute approximate surface area is 95.3 Å². The number of nitrogens with two attached hydrogens (primary N) is 1. The lowest BCUT2D eigenvalue weighted by atomic mass is 10.1. The van der Waals surface area contributed by atoms with Crippen LogP contribution in [0.3, 0.4) is 0 Å². The minimum atomic E-state index is 0.591. The molecule has 82 valence electrons. The van der Waals surface area contributed by atoms with Gasteiger partial charge in [0.1, 0.15) is 5.82 Å². The largest absolute Gasteiger partial charge is 0.366 e. The average molecular weight is 213 g/mol. The maximum Gasteiger partial charge on any atom is 0.126 e. The third-order valence-corrected chi connectivity index (χ3v) is 2.40. The second kappa shape index (κ2) is 5.28. The molecule has 0 radical (unpaired) electrons. The molecule has 3 N–H and O–H groups in total. The van der Waals surface area contributed by atoms with E-state index in [1.807, 2.05) is 18.2 Å². The zero-order valence-corrected chi connectivity index (χ0v) is 9.06. The Kier molecular flexibility index (Phi) is 3.51. The highest BCUT2D eigenvalue weighted by Gasteiger charge is 1.94. The number of pyridine rings is 1. The molecule has 0 aliphatic heterocycles. The van der Waals surface area contributed by atoms with E-state index in [4.69, 9.17) is 5.73 Å². The zero-order chi connectivity index (χ0) is 11.2. The van der Waals surface area contributed by atoms with E-state index in [0.717, 1.165) is 17.9 Å². The van der Waals surface area contributed by atoms with E-state index < -0.39 is 0 Å². The van der Waals surface area contributed by atoms with E-state index in [0.29, 0.717) is 6.54 Å². The van der Waals surface area contributed by atoms with Crippen molar-refractivity contribution in [1.82, 2.24) is 4.98 Å². The predicted octanol–water partition coefficient (Wildman–Crippen LogP) is 2.15. The molecule has 0 saturated heterocycles. The Bertz CT molecular complexity index is 423. The molecule has 16 heavy (non-hydrogen) atoms. The number of hydrogen-bond donors (Lipinski definition) is 2. The highest BCUT2D eigenvalue weighted by atomic mass is 15.0. The van der Waals surface area contributed by atoms with Crippen LogP contribution in [0.4, 0.5) is 5.82 Å². The van der Waals surface area contributed by atoms with Crippen LogP contribution in [0.5, 0.6) is 0 Å². The molecule has 0 saturated carbocycles. The standard InChI is InChI=1S/C13H15N3/c14-9-11-4-6-12(7-5-11)10-16-13-3-1-2-8-15-13/h1-8H,9-10,14H2,(H,15,16). The summed E-state index contributed by atoms with van der Waals surface area (Å²) in [6.07, 6.45) is 1.78. The van der Waals surface area contributed by atoms with Crippen LogP contribution in [0.1, 0.15) is 11.1 Å². The van der Waals surface area contributed by atoms with Gasteiger partial charge in [-0.25, -0.2) is 4.98 Å². The van der Waals surface area contributed by atoms with E-state index in [2.05, 4.69) is 34.6 Å². The first-order valence-corrected chi connectivity index (χ1v) is 5.31. The predicted molar refractivity (Wildman–Crippen MR) is 65.9 cm³/mol. The van der Waals surface area contributed by atoms with Crippen LogP contribution in [0.25, 0.3) is 0 Å². The molecule has 2 aromatic rings. The van der Waals surface area contributed by atoms with Crippen LogP contribution in [-0.2, 0) is 13.1 Å². The lowest BCUT2D eigenvalue weighted by molar-refractivity contribution is 1.05. The molecular formula is C13H15N3. The van der Waals surface area contributed by atoms with E-state index in [-0.39, 0.29) is 0 Å². The summed E-state index contributed by atoms with van der Waals surface area (Å²) in [5.41, 5.74) is 7.92. The molecule has 1 heterocycles. The second-order valence-electron chi connectivity index (χ2n) is 3.59. The molecule has 0 aliphatic carbocycles. The molecular weight excluding hydrogens is 198 g/mol. The van der Waals surface area contributed by atoms with Crippen LogP contribution in [0.15, 0.2) is 48.7 Å². The third-order valence-electron chi connectivity index (χ3n) is 2.40. The van der Waals surface area contributed by atoms with Gasteiger partial charge >= 0.3 is 0 Å². The minimum absolute atomic E-state index is 0.591. The van der Waals surface area contributed by atoms with Gasteiger partial charge in [-0.15, -0.1) is 0 Å². The number of benzene rings is 1. The fraction of sp³-hybridized carbons (Fsp3) is 0.154. The van der Waals surface area contributed by atoms with Gasteiger partial charge in [0.2, 0.25) is 0 Å². The molecule has 0 fully saturated rings. The van der Waals surface area contributed by atoms with Crippen LogP contribution in [0, 0.1) is 0 Å². The number of nitrogens with one attached hydrogen (secondary N) is 1. The van der Waals surface area contributed by atoms with Crippen molar-refractivity contribution in [2.75, 3.05) is 5.32 Å². The summed E-state index contributed by atoms with van der Waals surface area (Å²) in [4.78, 5) is 4.20. The smallest absolute Gasteiger partial charge is 0.126 e. The van der Waals surface area contributed by atoms with Crippen molar-refractivity contribution in [3.05, 3.63) is 59.8 Å². The van der Waals surface area contributed by atoms with Gasteiger partial charge in [0.25, 0.3) is 0 Å². The molecule has 0 aliphatic rings. The van der Waals surface area contributed by atoms with Gasteiger partial charge < -0.3 is 11.1 Å². The molecule has 2 rings (SSSR count). The lowest BCUT2D eigenvalue weighted by Crippen LogP contribution is -2.01. The molecule has 1 aromatic carbocycles. The van der Waals surface area contributed by atoms with Gasteiger partial charge in [0.15, 0.2) is 0 Å². The summed E-state index contributed by atoms with van der Waals surface area (Å²) >= 11 is 0. The molecule has 0 bridgehead atoms. The fourth-order valence-corrected chi connectivity index (χ4v) is 1.45. The van der Waals surface area contributed by atoms with Gasteiger partial charge in [0.05, 0.1) is 0 Å². The molecule has 0 spiro atoms. The lowest BCUT2D eigenvalue weighted by Gasteiger charge is -2.05. The van der Waals surface area contributed by atoms with Crippen molar-refractivity contribution < 1.29 is 0 Å². The number of hydrogen-bond acceptors (Lipinski definition) is 3. The quantitative estimate of drug-likeness (QED) is 0.818. The molecule has 1 aromatic heterocycles. The molecule has 3 heteroatoms. The van der Waals surface area contributed by atoms with E-state index >= 15 is 0 Å². The first-order valence-electron chi connectivity index (χ1n) is 5.31. The Morgan fingerprint density at radius 2 is 1.75 bits per heavy atom. The van der Waals surface area contributed by atoms with Gasteiger partial charge in [-0.05, 0) is 23.3 Å². The van der Waals surface area contributed by atoms with Crippen molar-refractivity contribution >= 4 is 5.82 Å². The van der Waals surface area contributed by atoms with Crippen LogP contribution in [0.2, 0.25) is 0 Å². The van der Waals surface area contributed by atoms with Crippen molar-refractivity contribution in [3.63, 3.8) is 0 Å². The highest BCUT2D eigenvalue weighted by Crippen LogP contribution is 2.07. The Morgan fingerprint density at radius 1 is 1.00 bits per heavy atom. The molecule has 0 amide bonds. The van der Waals surface area contributed by atoms with Crippen LogP contribution in [-0.4, -0.2) is 4.98 Å². The van der Waals surface area contributed by atoms with Crippen molar-refractivity contribution in [2.45, 2.75) is 13.1 Å². The Morgan fingerprint density at radius 3 is 2.38 bits per heavy atom. The van der Waals surface area contributed by atoms with Crippen molar-refractivity contribution in [3.8, 4) is 0 Å². The van der Waals surface area contributed by atoms with E-state index in [1.165, 1.54) is 5.56 Å². The number of rotatable bonds is 4. The SMILES string of the molecule is NCc1ccc(CNc2ccccn2)cc1. The summed E-state index contributed by atoms with van der Waals surface area (Å²) in [5, 5.41) is 3.26. The van der Waals surface area contributed by atoms with Crippen LogP contribution < -0.4 is 11.1 Å². The third kappa shape index (κ3) is 2.81. The fourth-order valence-electron chi connectivity index (χ4n) is 1.45. The molecule has 3 nitrogen and oxygen atoms in total. The molecule has 0 atom stereocenters. The summed E-state index contributed by atoms with van der Waals surface area (Å²) in [6, 6.07) is 14.1. The second-order valence-corrected chi connectivity index (χ2v) is 3.59. The van der Waals surface area contributed by atoms with E-state index in [9.17, 15) is 0 Å². The Balaban J connectivity index is 1.94. The van der Waals surface area contributed by atoms with Crippen LogP contribution >= 0.6 is 0 Å². The number of nitrogens with zero attached hydrogens (tertiary/aromatic N) is 1. The molecule has 0 unspecified atom stereocenters. The minimum Gasteiger partial charge on any atom is -0.366 e. The maximum atomic E-state index is 5.54. The van der Waals surface area contributed by atoms with E-state index in [1.54, 1.807) is 6.20 Å². The first-order chi connectivity index (χ1) is 7.88. The van der Waals surface area contributed by atoms with Gasteiger partial charge in [-0.2, -0.15) is 0 Å². The van der Waals surface area contributed by atoms with Gasteiger partial charge in [-0.1, -0.05) is 30.3 Å². The zero-order valence-electron chi connectivity index (χ0n) is 9.06. The van der Waals surface area contributed by atoms with Crippen molar-refractivity contribution in [2.24, 2.45) is 5.73 Å². The number of anilines is 1. The Hall–Kier alpha value is -1.87. The first kappa shape index (κ1) is 10.6. The summed E-state index contributed by atoms with van der Waals surface area (Å²) < 4.78 is 0. The highest BCUT2D eigenvalue weighted by molar-refractivity contribution is 5.35. The average Bonchev–Trinajstić information content (AvgIpc) is 2.38.